The minimum absolute atomic E-state index is 0.761. The van der Waals surface area contributed by atoms with E-state index < -0.39 is 11.9 Å². The lowest BCUT2D eigenvalue weighted by atomic mass is 10.2. The first kappa shape index (κ1) is 22.5. The van der Waals surface area contributed by atoms with Crippen LogP contribution in [0, 0.1) is 0 Å². The number of thioether (sulfide) groups is 1. The average molecular weight is 478 g/mol. The molecule has 3 N–H and O–H groups in total. The van der Waals surface area contributed by atoms with Gasteiger partial charge in [-0.05, 0) is 36.1 Å². The molecule has 29 heavy (non-hydrogen) atoms. The van der Waals surface area contributed by atoms with E-state index in [1.54, 1.807) is 11.8 Å². The van der Waals surface area contributed by atoms with Gasteiger partial charge in [-0.25, -0.2) is 14.6 Å². The van der Waals surface area contributed by atoms with Crippen LogP contribution < -0.4 is 5.32 Å². The quantitative estimate of drug-likeness (QED) is 0.370. The van der Waals surface area contributed by atoms with Gasteiger partial charge in [-0.1, -0.05) is 40.2 Å². The molecule has 0 aliphatic heterocycles. The van der Waals surface area contributed by atoms with E-state index in [0.717, 1.165) is 28.2 Å². The van der Waals surface area contributed by atoms with E-state index in [4.69, 9.17) is 19.8 Å². The normalized spacial score (nSPS) is 10.0. The van der Waals surface area contributed by atoms with Crippen molar-refractivity contribution in [3.8, 4) is 11.3 Å². The molecule has 1 heterocycles. The summed E-state index contributed by atoms with van der Waals surface area (Å²) in [5.41, 5.74) is 3.48. The fraction of sp³-hybridized carbons (Fsp3) is 0.150. The zero-order valence-corrected chi connectivity index (χ0v) is 18.2. The van der Waals surface area contributed by atoms with Gasteiger partial charge in [0.05, 0.1) is 11.9 Å². The van der Waals surface area contributed by atoms with Gasteiger partial charge in [-0.15, -0.1) is 11.8 Å². The topological polar surface area (TPSA) is 104 Å². The molecule has 0 unspecified atom stereocenters. The highest BCUT2D eigenvalue weighted by Crippen LogP contribution is 2.25. The van der Waals surface area contributed by atoms with Gasteiger partial charge < -0.3 is 20.1 Å². The fourth-order valence-electron chi connectivity index (χ4n) is 2.41. The first-order chi connectivity index (χ1) is 13.8. The van der Waals surface area contributed by atoms with Crippen LogP contribution in [0.4, 0.5) is 5.95 Å². The molecule has 3 aromatic rings. The van der Waals surface area contributed by atoms with Crippen molar-refractivity contribution in [1.29, 1.82) is 0 Å². The van der Waals surface area contributed by atoms with E-state index in [2.05, 4.69) is 73.5 Å². The van der Waals surface area contributed by atoms with Crippen LogP contribution in [0.2, 0.25) is 0 Å². The Morgan fingerprint density at radius 1 is 1.14 bits per heavy atom. The number of halogens is 1. The highest BCUT2D eigenvalue weighted by Gasteiger charge is 2.08. The minimum Gasteiger partial charge on any atom is -0.473 e. The highest BCUT2D eigenvalue weighted by molar-refractivity contribution is 9.10. The van der Waals surface area contributed by atoms with Crippen LogP contribution in [0.1, 0.15) is 5.56 Å². The minimum atomic E-state index is -1.82. The second kappa shape index (κ2) is 10.7. The van der Waals surface area contributed by atoms with Crippen LogP contribution >= 0.6 is 27.7 Å². The monoisotopic (exact) mass is 477 g/mol. The number of hydrogen-bond donors (Lipinski definition) is 3. The van der Waals surface area contributed by atoms with Crippen LogP contribution in [-0.2, 0) is 23.2 Å². The maximum Gasteiger partial charge on any atom is 0.414 e. The molecular formula is C20H20BrN3O4S. The Hall–Kier alpha value is -2.78. The van der Waals surface area contributed by atoms with E-state index in [0.29, 0.717) is 0 Å². The van der Waals surface area contributed by atoms with E-state index in [9.17, 15) is 0 Å². The van der Waals surface area contributed by atoms with Crippen molar-refractivity contribution in [2.24, 2.45) is 7.05 Å². The van der Waals surface area contributed by atoms with Crippen molar-refractivity contribution in [3.05, 3.63) is 64.8 Å². The molecule has 9 heteroatoms. The number of aromatic nitrogens is 2. The zero-order chi connectivity index (χ0) is 21.4. The van der Waals surface area contributed by atoms with Crippen LogP contribution in [0.3, 0.4) is 0 Å². The van der Waals surface area contributed by atoms with E-state index >= 15 is 0 Å². The maximum absolute atomic E-state index is 9.10. The maximum atomic E-state index is 9.10. The molecule has 1 aromatic heterocycles. The zero-order valence-electron chi connectivity index (χ0n) is 15.8. The number of benzene rings is 2. The van der Waals surface area contributed by atoms with E-state index in [-0.39, 0.29) is 0 Å². The number of carboxylic acid groups (broad SMARTS) is 2. The third-order valence-electron chi connectivity index (χ3n) is 3.90. The van der Waals surface area contributed by atoms with Crippen LogP contribution in [0.15, 0.2) is 64.1 Å². The number of nitrogens with zero attached hydrogens (tertiary/aromatic N) is 2. The third kappa shape index (κ3) is 6.65. The Morgan fingerprint density at radius 3 is 2.34 bits per heavy atom. The van der Waals surface area contributed by atoms with Crippen LogP contribution in [0.5, 0.6) is 0 Å². The number of carbonyl (C=O) groups is 2. The SMILES string of the molecule is CSc1ccc(CNc2ncc(-c3cccc(Br)c3)n2C)cc1.O=C(O)C(=O)O. The molecular weight excluding hydrogens is 458 g/mol. The molecule has 2 aromatic carbocycles. The van der Waals surface area contributed by atoms with Crippen molar-refractivity contribution >= 4 is 45.6 Å². The average Bonchev–Trinajstić information content (AvgIpc) is 3.07. The van der Waals surface area contributed by atoms with E-state index in [1.165, 1.54) is 10.5 Å². The van der Waals surface area contributed by atoms with Crippen molar-refractivity contribution in [2.75, 3.05) is 11.6 Å². The number of anilines is 1. The largest absolute Gasteiger partial charge is 0.473 e. The molecule has 0 spiro atoms. The first-order valence-corrected chi connectivity index (χ1v) is 10.4. The summed E-state index contributed by atoms with van der Waals surface area (Å²) in [7, 11) is 2.03. The first-order valence-electron chi connectivity index (χ1n) is 8.42. The van der Waals surface area contributed by atoms with Crippen molar-refractivity contribution < 1.29 is 19.8 Å². The van der Waals surface area contributed by atoms with Crippen molar-refractivity contribution in [1.82, 2.24) is 9.55 Å². The number of rotatable bonds is 5. The van der Waals surface area contributed by atoms with E-state index in [1.807, 2.05) is 25.4 Å². The summed E-state index contributed by atoms with van der Waals surface area (Å²) in [6.45, 7) is 0.761. The molecule has 0 amide bonds. The lowest BCUT2D eigenvalue weighted by Crippen LogP contribution is -2.09. The molecule has 152 valence electrons. The Labute approximate surface area is 180 Å². The van der Waals surface area contributed by atoms with Gasteiger partial charge in [-0.2, -0.15) is 0 Å². The number of nitrogens with one attached hydrogen (secondary N) is 1. The highest BCUT2D eigenvalue weighted by atomic mass is 79.9. The second-order valence-electron chi connectivity index (χ2n) is 5.85. The Morgan fingerprint density at radius 2 is 1.79 bits per heavy atom. The second-order valence-corrected chi connectivity index (χ2v) is 7.64. The van der Waals surface area contributed by atoms with Crippen LogP contribution in [0.25, 0.3) is 11.3 Å². The molecule has 0 aliphatic rings. The summed E-state index contributed by atoms with van der Waals surface area (Å²) >= 11 is 5.27. The Kier molecular flexibility index (Phi) is 8.29. The molecule has 0 aliphatic carbocycles. The molecule has 3 rings (SSSR count). The third-order valence-corrected chi connectivity index (χ3v) is 5.14. The molecule has 0 bridgehead atoms. The molecule has 0 saturated heterocycles. The molecule has 0 fully saturated rings. The summed E-state index contributed by atoms with van der Waals surface area (Å²) in [4.78, 5) is 24.0. The standard InChI is InChI=1S/C18H18BrN3S.C2H2O4/c1-22-17(14-4-3-5-15(19)10-14)12-21-18(22)20-11-13-6-8-16(23-2)9-7-13;3-1(4)2(5)6/h3-10,12H,11H2,1-2H3,(H,20,21);(H,3,4)(H,5,6). The predicted molar refractivity (Wildman–Crippen MR) is 117 cm³/mol. The lowest BCUT2D eigenvalue weighted by molar-refractivity contribution is -0.159. The van der Waals surface area contributed by atoms with Gasteiger partial charge in [-0.3, -0.25) is 0 Å². The number of imidazole rings is 1. The summed E-state index contributed by atoms with van der Waals surface area (Å²) < 4.78 is 3.15. The van der Waals surface area contributed by atoms with Gasteiger partial charge in [0, 0.05) is 28.5 Å². The van der Waals surface area contributed by atoms with Gasteiger partial charge in [0.15, 0.2) is 0 Å². The molecule has 0 saturated carbocycles. The predicted octanol–water partition coefficient (Wildman–Crippen LogP) is 4.34. The summed E-state index contributed by atoms with van der Waals surface area (Å²) in [5, 5.41) is 18.2. The molecule has 7 nitrogen and oxygen atoms in total. The van der Waals surface area contributed by atoms with Gasteiger partial charge >= 0.3 is 11.9 Å². The Balaban J connectivity index is 0.000000438. The smallest absolute Gasteiger partial charge is 0.414 e. The number of hydrogen-bond acceptors (Lipinski definition) is 5. The van der Waals surface area contributed by atoms with Gasteiger partial charge in [0.25, 0.3) is 0 Å². The Bertz CT molecular complexity index is 978. The lowest BCUT2D eigenvalue weighted by Gasteiger charge is -2.09. The number of carboxylic acids is 2. The van der Waals surface area contributed by atoms with Crippen LogP contribution in [-0.4, -0.2) is 38.0 Å². The number of aliphatic carboxylic acids is 2. The molecule has 0 atom stereocenters. The van der Waals surface area contributed by atoms with Gasteiger partial charge in [0.1, 0.15) is 0 Å². The molecule has 0 radical (unpaired) electrons. The van der Waals surface area contributed by atoms with Crippen molar-refractivity contribution in [3.63, 3.8) is 0 Å². The summed E-state index contributed by atoms with van der Waals surface area (Å²) in [6, 6.07) is 16.8. The fourth-order valence-corrected chi connectivity index (χ4v) is 3.22. The van der Waals surface area contributed by atoms with Gasteiger partial charge in [0.2, 0.25) is 5.95 Å². The van der Waals surface area contributed by atoms with Crippen molar-refractivity contribution in [2.45, 2.75) is 11.4 Å². The summed E-state index contributed by atoms with van der Waals surface area (Å²) in [6.07, 6.45) is 3.99. The summed E-state index contributed by atoms with van der Waals surface area (Å²) in [5.74, 6) is -2.78.